The highest BCUT2D eigenvalue weighted by atomic mass is 31.2. The van der Waals surface area contributed by atoms with E-state index in [1.165, 1.54) is 66.7 Å². The summed E-state index contributed by atoms with van der Waals surface area (Å²) in [7, 11) is 1.11. The van der Waals surface area contributed by atoms with E-state index in [-0.39, 0.29) is 23.6 Å². The van der Waals surface area contributed by atoms with Crippen molar-refractivity contribution in [3.63, 3.8) is 0 Å². The average molecular weight is 917 g/mol. The van der Waals surface area contributed by atoms with Crippen LogP contribution in [0.25, 0.3) is 5.76 Å². The number of Topliss-reactive ketones (excluding diaryl/α,β-unsaturated/α-hetero) is 2. The Kier molecular flexibility index (Phi) is 15.0. The fraction of sp³-hybridized carbons (Fsp3) is 0.396. The molecule has 0 heterocycles. The van der Waals surface area contributed by atoms with Gasteiger partial charge in [0.1, 0.15) is 46.0 Å². The van der Waals surface area contributed by atoms with Gasteiger partial charge in [-0.25, -0.2) is 0 Å². The van der Waals surface area contributed by atoms with Gasteiger partial charge < -0.3 is 36.6 Å². The first-order valence-electron chi connectivity index (χ1n) is 23.2. The van der Waals surface area contributed by atoms with Gasteiger partial charge in [0.15, 0.2) is 11.4 Å². The normalized spacial score (nSPS) is 22.8. The number of benzene rings is 4. The number of phenolic OH excluding ortho intramolecular Hbond substituents is 1. The number of nitrogens with zero attached hydrogens (tertiary/aromatic N) is 1. The number of hydrogen-bond donors (Lipinski definition) is 7. The number of aliphatic hydroxyl groups is 4. The number of phenols is 1. The number of nitrogens with one attached hydrogen (secondary N) is 1. The van der Waals surface area contributed by atoms with Gasteiger partial charge in [-0.3, -0.25) is 24.1 Å². The lowest BCUT2D eigenvalue weighted by molar-refractivity contribution is -0.169. The molecule has 0 spiro atoms. The van der Waals surface area contributed by atoms with E-state index >= 15 is 0 Å². The van der Waals surface area contributed by atoms with Crippen molar-refractivity contribution in [1.29, 1.82) is 0 Å². The molecule has 66 heavy (non-hydrogen) atoms. The average Bonchev–Trinajstić information content (AvgIpc) is 3.30. The van der Waals surface area contributed by atoms with Crippen molar-refractivity contribution in [2.45, 2.75) is 101 Å². The number of primary amides is 1. The highest BCUT2D eigenvalue weighted by Gasteiger charge is 2.68. The molecule has 0 saturated heterocycles. The molecule has 12 nitrogen and oxygen atoms in total. The molecule has 0 unspecified atom stereocenters. The first kappa shape index (κ1) is 48.3. The lowest BCUT2D eigenvalue weighted by Gasteiger charge is -2.53. The van der Waals surface area contributed by atoms with Gasteiger partial charge in [-0.1, -0.05) is 113 Å². The molecule has 3 aliphatic carbocycles. The predicted octanol–water partition coefficient (Wildman–Crippen LogP) is 6.72. The van der Waals surface area contributed by atoms with Crippen molar-refractivity contribution < 1.29 is 44.7 Å². The van der Waals surface area contributed by atoms with Crippen molar-refractivity contribution in [1.82, 2.24) is 4.90 Å². The molecule has 4 aromatic carbocycles. The minimum absolute atomic E-state index is 0.000556. The molecule has 0 aromatic heterocycles. The second kappa shape index (κ2) is 20.5. The molecule has 0 aliphatic heterocycles. The summed E-state index contributed by atoms with van der Waals surface area (Å²) >= 11 is 0. The molecule has 8 N–H and O–H groups in total. The molecular formula is C53H63N3O9P+. The number of aromatic hydroxyl groups is 1. The molecule has 6 atom stereocenters. The Balaban J connectivity index is 0.895. The Morgan fingerprint density at radius 3 is 1.70 bits per heavy atom. The van der Waals surface area contributed by atoms with Crippen LogP contribution in [0.2, 0.25) is 0 Å². The molecule has 4 aromatic rings. The number of nitrogens with two attached hydrogens (primary N) is 1. The van der Waals surface area contributed by atoms with Crippen LogP contribution < -0.4 is 27.0 Å². The fourth-order valence-electron chi connectivity index (χ4n) is 10.9. The number of likely N-dealkylation sites (N-methyl/N-ethyl adjacent to an activating group) is 1. The maximum absolute atomic E-state index is 14.3. The molecule has 13 heteroatoms. The zero-order valence-corrected chi connectivity index (χ0v) is 38.9. The summed E-state index contributed by atoms with van der Waals surface area (Å²) in [6.07, 6.45) is 10.3. The lowest BCUT2D eigenvalue weighted by Crippen LogP contribution is -2.70. The van der Waals surface area contributed by atoms with Crippen LogP contribution in [0, 0.1) is 11.8 Å². The van der Waals surface area contributed by atoms with Crippen LogP contribution in [-0.2, 0) is 19.2 Å². The summed E-state index contributed by atoms with van der Waals surface area (Å²) < 4.78 is 0. The summed E-state index contributed by atoms with van der Waals surface area (Å²) in [4.78, 5) is 54.4. The number of aliphatic hydroxyl groups excluding tert-OH is 3. The highest BCUT2D eigenvalue weighted by Crippen LogP contribution is 2.58. The third-order valence-electron chi connectivity index (χ3n) is 14.1. The number of hydrogen-bond acceptors (Lipinski definition) is 10. The van der Waals surface area contributed by atoms with Crippen LogP contribution in [0.15, 0.2) is 120 Å². The van der Waals surface area contributed by atoms with E-state index in [1.807, 2.05) is 0 Å². The maximum Gasteiger partial charge on any atom is 0.255 e. The second-order valence-corrected chi connectivity index (χ2v) is 22.0. The smallest absolute Gasteiger partial charge is 0.255 e. The molecule has 2 amide bonds. The summed E-state index contributed by atoms with van der Waals surface area (Å²) in [5.74, 6) is -10.1. The van der Waals surface area contributed by atoms with Gasteiger partial charge in [-0.2, -0.15) is 0 Å². The molecule has 348 valence electrons. The number of anilines is 1. The number of carbonyl (C=O) groups is 4. The minimum atomic E-state index is -3.00. The van der Waals surface area contributed by atoms with Gasteiger partial charge >= 0.3 is 0 Å². The molecule has 0 radical (unpaired) electrons. The molecule has 1 saturated carbocycles. The third-order valence-corrected chi connectivity index (χ3v) is 18.7. The quantitative estimate of drug-likeness (QED) is 0.0229. The van der Waals surface area contributed by atoms with E-state index in [0.717, 1.165) is 38.3 Å². The summed E-state index contributed by atoms with van der Waals surface area (Å²) in [5.41, 5.74) is 1.12. The van der Waals surface area contributed by atoms with Crippen LogP contribution in [-0.4, -0.2) is 91.8 Å². The van der Waals surface area contributed by atoms with Crippen molar-refractivity contribution >= 4 is 58.0 Å². The number of amides is 2. The zero-order valence-electron chi connectivity index (χ0n) is 38.0. The molecule has 7 rings (SSSR count). The molecule has 0 bridgehead atoms. The maximum atomic E-state index is 14.3. The Bertz CT molecular complexity index is 2400. The second-order valence-electron chi connectivity index (χ2n) is 18.3. The van der Waals surface area contributed by atoms with E-state index in [0.29, 0.717) is 12.0 Å². The van der Waals surface area contributed by atoms with E-state index < -0.39 is 88.7 Å². The zero-order chi connectivity index (χ0) is 47.3. The van der Waals surface area contributed by atoms with Gasteiger partial charge in [0, 0.05) is 17.9 Å². The van der Waals surface area contributed by atoms with Crippen LogP contribution in [0.3, 0.4) is 0 Å². The number of ketones is 2. The molecule has 3 aliphatic rings. The summed E-state index contributed by atoms with van der Waals surface area (Å²) in [6.45, 7) is 1.66. The van der Waals surface area contributed by atoms with Gasteiger partial charge in [-0.05, 0) is 87.3 Å². The largest absolute Gasteiger partial charge is 0.508 e. The summed E-state index contributed by atoms with van der Waals surface area (Å²) in [5, 5.41) is 65.0. The number of unbranched alkanes of at least 4 members (excludes halogenated alkanes) is 9. The first-order valence-corrected chi connectivity index (χ1v) is 25.2. The predicted molar refractivity (Wildman–Crippen MR) is 260 cm³/mol. The Morgan fingerprint density at radius 1 is 0.727 bits per heavy atom. The molecule has 1 fully saturated rings. The van der Waals surface area contributed by atoms with Crippen LogP contribution in [0.5, 0.6) is 5.75 Å². The first-order chi connectivity index (χ1) is 31.7. The van der Waals surface area contributed by atoms with E-state index in [2.05, 4.69) is 96.3 Å². The molecular weight excluding hydrogens is 854 g/mol. The Labute approximate surface area is 387 Å². The van der Waals surface area contributed by atoms with Gasteiger partial charge in [0.05, 0.1) is 35.5 Å². The Morgan fingerprint density at radius 2 is 1.21 bits per heavy atom. The van der Waals surface area contributed by atoms with E-state index in [1.54, 1.807) is 13.0 Å². The number of carbonyl (C=O) groups excluding carboxylic acids is 4. The Hall–Kier alpha value is -5.65. The lowest BCUT2D eigenvalue weighted by atomic mass is 9.54. The minimum Gasteiger partial charge on any atom is -0.508 e. The third kappa shape index (κ3) is 8.84. The highest BCUT2D eigenvalue weighted by molar-refractivity contribution is 7.95. The van der Waals surface area contributed by atoms with Crippen LogP contribution in [0.1, 0.15) is 94.6 Å². The number of fused-ring (bicyclic) bond motifs is 3. The summed E-state index contributed by atoms with van der Waals surface area (Å²) in [6, 6.07) is 34.7. The van der Waals surface area contributed by atoms with Gasteiger partial charge in [-0.15, -0.1) is 0 Å². The number of rotatable bonds is 19. The standard InChI is InChI=1S/C53H62N3O9P/c1-33-37-30-31-38(46(58)41(37)47(59)42-40(33)48(60)44-45(56(2)3)49(61)43(52(54)64)51(63)53(44,65)50(42)62)55-39(57)29-21-10-8-6-4-5-7-9-11-22-32-66(34-23-15-12-16-24-34,35-25-17-13-18-26-35)36-27-19-14-20-28-36/h12-20,23-28,30-31,33,40,44-45,48,60,65H,4-11,21-22,29,32H2,1-3H3,(H5-,54,55,57,58,59,61,62,63,64)/p+1/t33-,40+,44+,45-,48-,53-/m0/s1. The van der Waals surface area contributed by atoms with E-state index in [9.17, 15) is 44.7 Å². The van der Waals surface area contributed by atoms with Crippen molar-refractivity contribution in [3.8, 4) is 5.75 Å². The van der Waals surface area contributed by atoms with Crippen molar-refractivity contribution in [2.75, 3.05) is 25.6 Å². The fourth-order valence-corrected chi connectivity index (χ4v) is 15.3. The topological polar surface area (TPSA) is 211 Å². The van der Waals surface area contributed by atoms with Crippen LogP contribution >= 0.6 is 7.26 Å². The van der Waals surface area contributed by atoms with Crippen molar-refractivity contribution in [3.05, 3.63) is 131 Å². The van der Waals surface area contributed by atoms with Crippen molar-refractivity contribution in [2.24, 2.45) is 17.6 Å². The van der Waals surface area contributed by atoms with Gasteiger partial charge in [0.25, 0.3) is 5.91 Å². The monoisotopic (exact) mass is 916 g/mol. The van der Waals surface area contributed by atoms with Crippen LogP contribution in [0.4, 0.5) is 5.69 Å². The van der Waals surface area contributed by atoms with E-state index in [4.69, 9.17) is 5.73 Å². The SMILES string of the molecule is C[C@H]1c2ccc(NC(=O)CCCCCCCCCCCC[P+](c3ccccc3)(c3ccccc3)c3ccccc3)c(O)c2C(O)=C2C(=O)[C@]3(O)C(O)=C(C(N)=O)C(=O)[C@@H](N(C)C)[C@@H]3[C@@H](O)[C@@H]21. The van der Waals surface area contributed by atoms with Gasteiger partial charge in [0.2, 0.25) is 11.7 Å².